The van der Waals surface area contributed by atoms with Crippen LogP contribution in [-0.2, 0) is 0 Å². The molecule has 0 radical (unpaired) electrons. The largest absolute Gasteiger partial charge is 0.0985 e. The summed E-state index contributed by atoms with van der Waals surface area (Å²) in [5.74, 6) is 0. The highest BCUT2D eigenvalue weighted by Gasteiger charge is 2.13. The first-order chi connectivity index (χ1) is 7.83. The Labute approximate surface area is 98.1 Å². The van der Waals surface area contributed by atoms with Gasteiger partial charge in [-0.05, 0) is 48.0 Å². The van der Waals surface area contributed by atoms with E-state index in [1.54, 1.807) is 0 Å². The van der Waals surface area contributed by atoms with Crippen molar-refractivity contribution in [3.63, 3.8) is 0 Å². The van der Waals surface area contributed by atoms with Crippen LogP contribution in [0.15, 0.2) is 71.9 Å². The molecule has 0 aromatic heterocycles. The van der Waals surface area contributed by atoms with E-state index in [2.05, 4.69) is 43.5 Å². The van der Waals surface area contributed by atoms with Crippen LogP contribution in [0, 0.1) is 0 Å². The Bertz CT molecular complexity index is 425. The molecule has 2 aliphatic rings. The van der Waals surface area contributed by atoms with Crippen molar-refractivity contribution >= 4 is 0 Å². The van der Waals surface area contributed by atoms with Crippen LogP contribution in [0.1, 0.15) is 25.7 Å². The Morgan fingerprint density at radius 3 is 2.69 bits per heavy atom. The number of allylic oxidation sites excluding steroid dienone is 10. The summed E-state index contributed by atoms with van der Waals surface area (Å²) in [5, 5.41) is 0. The van der Waals surface area contributed by atoms with Gasteiger partial charge in [-0.15, -0.1) is 0 Å². The van der Waals surface area contributed by atoms with Gasteiger partial charge in [-0.25, -0.2) is 0 Å². The van der Waals surface area contributed by atoms with Crippen molar-refractivity contribution in [2.24, 2.45) is 0 Å². The Balaban J connectivity index is 2.24. The van der Waals surface area contributed by atoms with E-state index in [4.69, 9.17) is 0 Å². The number of hydrogen-bond acceptors (Lipinski definition) is 0. The maximum Gasteiger partial charge on any atom is -0.0158 e. The molecule has 16 heavy (non-hydrogen) atoms. The van der Waals surface area contributed by atoms with Gasteiger partial charge >= 0.3 is 0 Å². The molecule has 0 saturated carbocycles. The lowest BCUT2D eigenvalue weighted by Gasteiger charge is -2.19. The first-order valence-electron chi connectivity index (χ1n) is 5.91. The first-order valence-corrected chi connectivity index (χ1v) is 5.91. The van der Waals surface area contributed by atoms with Crippen LogP contribution in [0.4, 0.5) is 0 Å². The van der Waals surface area contributed by atoms with Crippen molar-refractivity contribution in [2.75, 3.05) is 0 Å². The molecular weight excluding hydrogens is 192 g/mol. The Hall–Kier alpha value is -1.56. The van der Waals surface area contributed by atoms with E-state index in [0.29, 0.717) is 0 Å². The molecule has 0 nitrogen and oxygen atoms in total. The van der Waals surface area contributed by atoms with E-state index < -0.39 is 0 Å². The van der Waals surface area contributed by atoms with E-state index in [-0.39, 0.29) is 0 Å². The van der Waals surface area contributed by atoms with Gasteiger partial charge in [0.1, 0.15) is 0 Å². The second-order valence-corrected chi connectivity index (χ2v) is 4.20. The first kappa shape index (κ1) is 10.9. The van der Waals surface area contributed by atoms with Crippen LogP contribution < -0.4 is 0 Å². The maximum atomic E-state index is 4.24. The smallest absolute Gasteiger partial charge is 0.0158 e. The second-order valence-electron chi connectivity index (χ2n) is 4.20. The van der Waals surface area contributed by atoms with E-state index >= 15 is 0 Å². The van der Waals surface area contributed by atoms with Crippen molar-refractivity contribution < 1.29 is 0 Å². The van der Waals surface area contributed by atoms with Gasteiger partial charge in [0.2, 0.25) is 0 Å². The standard InChI is InChI=1S/C16H18/c1-3-14-9-7-8-12-16(14)13(2)15-10-5-4-6-11-15/h3-5,9-10,12H,1-2,6-8,11H2. The predicted octanol–water partition coefficient (Wildman–Crippen LogP) is 4.65. The van der Waals surface area contributed by atoms with Gasteiger partial charge in [0.15, 0.2) is 0 Å². The zero-order valence-electron chi connectivity index (χ0n) is 9.71. The van der Waals surface area contributed by atoms with Crippen LogP contribution in [0.5, 0.6) is 0 Å². The normalized spacial score (nSPS) is 19.6. The summed E-state index contributed by atoms with van der Waals surface area (Å²) >= 11 is 0. The summed E-state index contributed by atoms with van der Waals surface area (Å²) in [7, 11) is 0. The molecule has 0 aliphatic heterocycles. The minimum absolute atomic E-state index is 1.11. The topological polar surface area (TPSA) is 0 Å². The van der Waals surface area contributed by atoms with Gasteiger partial charge in [0.25, 0.3) is 0 Å². The lowest BCUT2D eigenvalue weighted by molar-refractivity contribution is 0.960. The minimum Gasteiger partial charge on any atom is -0.0985 e. The van der Waals surface area contributed by atoms with Gasteiger partial charge in [-0.1, -0.05) is 49.6 Å². The fourth-order valence-corrected chi connectivity index (χ4v) is 2.21. The SMILES string of the molecule is C=CC1=CCCC=C1C(=C)C1=CC=CCC1. The fourth-order valence-electron chi connectivity index (χ4n) is 2.21. The summed E-state index contributed by atoms with van der Waals surface area (Å²) in [5.41, 5.74) is 5.06. The maximum absolute atomic E-state index is 4.24. The molecule has 0 atom stereocenters. The summed E-state index contributed by atoms with van der Waals surface area (Å²) < 4.78 is 0. The third-order valence-corrected chi connectivity index (χ3v) is 3.14. The number of hydrogen-bond donors (Lipinski definition) is 0. The Morgan fingerprint density at radius 2 is 2.00 bits per heavy atom. The van der Waals surface area contributed by atoms with Crippen molar-refractivity contribution in [3.05, 3.63) is 71.9 Å². The van der Waals surface area contributed by atoms with Gasteiger partial charge in [0, 0.05) is 0 Å². The molecule has 0 fully saturated rings. The lowest BCUT2D eigenvalue weighted by atomic mass is 9.86. The Kier molecular flexibility index (Phi) is 3.40. The summed E-state index contributed by atoms with van der Waals surface area (Å²) in [6, 6.07) is 0. The molecule has 82 valence electrons. The zero-order valence-corrected chi connectivity index (χ0v) is 9.71. The van der Waals surface area contributed by atoms with E-state index in [0.717, 1.165) is 25.7 Å². The quantitative estimate of drug-likeness (QED) is 0.636. The monoisotopic (exact) mass is 210 g/mol. The Morgan fingerprint density at radius 1 is 1.19 bits per heavy atom. The van der Waals surface area contributed by atoms with Crippen LogP contribution in [0.3, 0.4) is 0 Å². The molecule has 0 aromatic rings. The molecule has 0 aromatic carbocycles. The molecule has 0 heterocycles. The molecule has 0 spiro atoms. The zero-order chi connectivity index (χ0) is 11.4. The summed E-state index contributed by atoms with van der Waals surface area (Å²) in [4.78, 5) is 0. The molecule has 2 aliphatic carbocycles. The van der Waals surface area contributed by atoms with E-state index in [1.807, 2.05) is 6.08 Å². The highest BCUT2D eigenvalue weighted by molar-refractivity contribution is 5.59. The third-order valence-electron chi connectivity index (χ3n) is 3.14. The van der Waals surface area contributed by atoms with Crippen molar-refractivity contribution in [1.82, 2.24) is 0 Å². The highest BCUT2D eigenvalue weighted by atomic mass is 14.2. The molecule has 0 amide bonds. The molecule has 0 N–H and O–H groups in total. The van der Waals surface area contributed by atoms with Gasteiger partial charge < -0.3 is 0 Å². The third kappa shape index (κ3) is 2.16. The second kappa shape index (κ2) is 4.98. The van der Waals surface area contributed by atoms with Crippen molar-refractivity contribution in [1.29, 1.82) is 0 Å². The minimum atomic E-state index is 1.11. The van der Waals surface area contributed by atoms with Crippen LogP contribution in [-0.4, -0.2) is 0 Å². The van der Waals surface area contributed by atoms with Crippen LogP contribution in [0.25, 0.3) is 0 Å². The van der Waals surface area contributed by atoms with Gasteiger partial charge in [-0.2, -0.15) is 0 Å². The average molecular weight is 210 g/mol. The van der Waals surface area contributed by atoms with Crippen LogP contribution >= 0.6 is 0 Å². The van der Waals surface area contributed by atoms with Gasteiger partial charge in [-0.3, -0.25) is 0 Å². The highest BCUT2D eigenvalue weighted by Crippen LogP contribution is 2.32. The molecular formula is C16H18. The molecule has 0 saturated heterocycles. The fraction of sp³-hybridized carbons (Fsp3) is 0.250. The van der Waals surface area contributed by atoms with E-state index in [9.17, 15) is 0 Å². The average Bonchev–Trinajstić information content (AvgIpc) is 2.39. The molecule has 2 rings (SSSR count). The molecule has 0 heteroatoms. The van der Waals surface area contributed by atoms with E-state index in [1.165, 1.54) is 22.3 Å². The predicted molar refractivity (Wildman–Crippen MR) is 71.2 cm³/mol. The molecule has 0 bridgehead atoms. The van der Waals surface area contributed by atoms with Crippen molar-refractivity contribution in [3.8, 4) is 0 Å². The van der Waals surface area contributed by atoms with Crippen LogP contribution in [0.2, 0.25) is 0 Å². The number of rotatable bonds is 3. The van der Waals surface area contributed by atoms with Crippen molar-refractivity contribution in [2.45, 2.75) is 25.7 Å². The van der Waals surface area contributed by atoms with Gasteiger partial charge in [0.05, 0.1) is 0 Å². The molecule has 0 unspecified atom stereocenters. The summed E-state index contributed by atoms with van der Waals surface area (Å²) in [6.07, 6.45) is 17.5. The summed E-state index contributed by atoms with van der Waals surface area (Å²) in [6.45, 7) is 8.12. The lowest BCUT2D eigenvalue weighted by Crippen LogP contribution is -2.00.